The molecule has 0 aromatic carbocycles. The summed E-state index contributed by atoms with van der Waals surface area (Å²) >= 11 is 0. The molecule has 0 spiro atoms. The Balaban J connectivity index is 1.85. The fourth-order valence-corrected chi connectivity index (χ4v) is 1.77. The molecule has 1 aromatic heterocycles. The van der Waals surface area contributed by atoms with Crippen LogP contribution in [0.2, 0.25) is 0 Å². The molecule has 0 aliphatic carbocycles. The van der Waals surface area contributed by atoms with Gasteiger partial charge >= 0.3 is 0 Å². The second kappa shape index (κ2) is 7.30. The van der Waals surface area contributed by atoms with Crippen LogP contribution in [-0.2, 0) is 22.7 Å². The molecule has 94 valence electrons. The Hall–Kier alpha value is -1.06. The maximum atomic E-state index is 5.59. The molecule has 0 atom stereocenters. The minimum atomic E-state index is 0.559. The maximum Gasteiger partial charge on any atom is 0.129 e. The van der Waals surface area contributed by atoms with Gasteiger partial charge < -0.3 is 13.9 Å². The van der Waals surface area contributed by atoms with E-state index in [0.717, 1.165) is 50.4 Å². The SMILES string of the molecule is C1=C/CCCOCc2ccc(o2)COCCC/1. The van der Waals surface area contributed by atoms with Crippen molar-refractivity contribution in [3.8, 4) is 0 Å². The molecule has 0 saturated carbocycles. The molecular weight excluding hydrogens is 216 g/mol. The second-order valence-corrected chi connectivity index (χ2v) is 4.23. The molecule has 0 radical (unpaired) electrons. The summed E-state index contributed by atoms with van der Waals surface area (Å²) < 4.78 is 16.7. The van der Waals surface area contributed by atoms with Crippen LogP contribution in [0.3, 0.4) is 0 Å². The summed E-state index contributed by atoms with van der Waals surface area (Å²) in [4.78, 5) is 0. The molecule has 0 saturated heterocycles. The lowest BCUT2D eigenvalue weighted by atomic mass is 10.2. The van der Waals surface area contributed by atoms with Crippen LogP contribution in [0.25, 0.3) is 0 Å². The van der Waals surface area contributed by atoms with E-state index in [9.17, 15) is 0 Å². The minimum Gasteiger partial charge on any atom is -0.461 e. The average molecular weight is 236 g/mol. The van der Waals surface area contributed by atoms with Gasteiger partial charge in [0.05, 0.1) is 0 Å². The third kappa shape index (κ3) is 4.75. The molecule has 1 aliphatic heterocycles. The molecule has 1 aliphatic rings. The van der Waals surface area contributed by atoms with E-state index < -0.39 is 0 Å². The summed E-state index contributed by atoms with van der Waals surface area (Å²) in [5, 5.41) is 0. The molecule has 0 amide bonds. The highest BCUT2D eigenvalue weighted by atomic mass is 16.5. The van der Waals surface area contributed by atoms with E-state index in [1.807, 2.05) is 12.1 Å². The van der Waals surface area contributed by atoms with Crippen molar-refractivity contribution in [3.63, 3.8) is 0 Å². The smallest absolute Gasteiger partial charge is 0.129 e. The van der Waals surface area contributed by atoms with Crippen LogP contribution >= 0.6 is 0 Å². The van der Waals surface area contributed by atoms with Gasteiger partial charge in [0.2, 0.25) is 0 Å². The Morgan fingerprint density at radius 1 is 0.765 bits per heavy atom. The van der Waals surface area contributed by atoms with E-state index >= 15 is 0 Å². The lowest BCUT2D eigenvalue weighted by molar-refractivity contribution is 0.0886. The third-order valence-corrected chi connectivity index (χ3v) is 2.69. The standard InChI is InChI=1S/C14H20O3/c1-2-4-6-10-16-12-14-8-7-13(17-14)11-15-9-5-3-1/h1-2,7-8H,3-6,9-12H2/b2-1+. The van der Waals surface area contributed by atoms with Crippen LogP contribution < -0.4 is 0 Å². The zero-order valence-electron chi connectivity index (χ0n) is 10.2. The van der Waals surface area contributed by atoms with Gasteiger partial charge in [-0.05, 0) is 37.8 Å². The number of rotatable bonds is 0. The zero-order valence-corrected chi connectivity index (χ0v) is 10.2. The van der Waals surface area contributed by atoms with Crippen molar-refractivity contribution in [3.05, 3.63) is 35.8 Å². The Kier molecular flexibility index (Phi) is 5.33. The van der Waals surface area contributed by atoms with E-state index in [2.05, 4.69) is 12.2 Å². The lowest BCUT2D eigenvalue weighted by Crippen LogP contribution is -1.94. The van der Waals surface area contributed by atoms with Crippen molar-refractivity contribution in [1.82, 2.24) is 0 Å². The highest BCUT2D eigenvalue weighted by molar-refractivity contribution is 5.05. The molecule has 0 fully saturated rings. The first kappa shape index (κ1) is 12.4. The van der Waals surface area contributed by atoms with Crippen molar-refractivity contribution in [2.24, 2.45) is 0 Å². The Morgan fingerprint density at radius 2 is 1.29 bits per heavy atom. The van der Waals surface area contributed by atoms with Crippen LogP contribution in [0.5, 0.6) is 0 Å². The summed E-state index contributed by atoms with van der Waals surface area (Å²) in [6.07, 6.45) is 8.77. The number of allylic oxidation sites excluding steroid dienone is 2. The summed E-state index contributed by atoms with van der Waals surface area (Å²) in [6.45, 7) is 2.70. The van der Waals surface area contributed by atoms with E-state index in [1.54, 1.807) is 0 Å². The van der Waals surface area contributed by atoms with Crippen LogP contribution in [0, 0.1) is 0 Å². The van der Waals surface area contributed by atoms with Crippen LogP contribution in [0.4, 0.5) is 0 Å². The lowest BCUT2D eigenvalue weighted by Gasteiger charge is -2.01. The van der Waals surface area contributed by atoms with Crippen LogP contribution in [0.15, 0.2) is 28.7 Å². The van der Waals surface area contributed by atoms with Crippen molar-refractivity contribution in [1.29, 1.82) is 0 Å². The predicted octanol–water partition coefficient (Wildman–Crippen LogP) is 3.44. The Labute approximate surface area is 102 Å². The second-order valence-electron chi connectivity index (χ2n) is 4.23. The Bertz CT molecular complexity index is 310. The van der Waals surface area contributed by atoms with Gasteiger partial charge in [-0.2, -0.15) is 0 Å². The van der Waals surface area contributed by atoms with Crippen molar-refractivity contribution in [2.45, 2.75) is 38.9 Å². The first-order chi connectivity index (χ1) is 8.45. The number of furan rings is 1. The summed E-state index contributed by atoms with van der Waals surface area (Å²) in [5.74, 6) is 1.77. The van der Waals surface area contributed by atoms with Gasteiger partial charge in [0, 0.05) is 13.2 Å². The quantitative estimate of drug-likeness (QED) is 0.647. The number of ether oxygens (including phenoxy) is 2. The fourth-order valence-electron chi connectivity index (χ4n) is 1.77. The van der Waals surface area contributed by atoms with E-state index in [0.29, 0.717) is 13.2 Å². The number of hydrogen-bond acceptors (Lipinski definition) is 3. The largest absolute Gasteiger partial charge is 0.461 e. The van der Waals surface area contributed by atoms with Gasteiger partial charge in [-0.25, -0.2) is 0 Å². The van der Waals surface area contributed by atoms with Gasteiger partial charge in [-0.3, -0.25) is 0 Å². The van der Waals surface area contributed by atoms with E-state index in [4.69, 9.17) is 13.9 Å². The molecule has 2 bridgehead atoms. The van der Waals surface area contributed by atoms with Gasteiger partial charge in [0.15, 0.2) is 0 Å². The van der Waals surface area contributed by atoms with Gasteiger partial charge in [0.1, 0.15) is 24.7 Å². The van der Waals surface area contributed by atoms with Crippen molar-refractivity contribution < 1.29 is 13.9 Å². The molecule has 3 heteroatoms. The fraction of sp³-hybridized carbons (Fsp3) is 0.571. The summed E-state index contributed by atoms with van der Waals surface area (Å²) in [7, 11) is 0. The van der Waals surface area contributed by atoms with Crippen LogP contribution in [-0.4, -0.2) is 13.2 Å². The Morgan fingerprint density at radius 3 is 1.82 bits per heavy atom. The monoisotopic (exact) mass is 236 g/mol. The highest BCUT2D eigenvalue weighted by Gasteiger charge is 2.02. The molecule has 0 N–H and O–H groups in total. The van der Waals surface area contributed by atoms with Crippen LogP contribution in [0.1, 0.15) is 37.2 Å². The average Bonchev–Trinajstić information content (AvgIpc) is 2.77. The topological polar surface area (TPSA) is 31.6 Å². The molecule has 2 heterocycles. The summed E-state index contributed by atoms with van der Waals surface area (Å²) in [5.41, 5.74) is 0. The number of hydrogen-bond donors (Lipinski definition) is 0. The molecule has 17 heavy (non-hydrogen) atoms. The van der Waals surface area contributed by atoms with Crippen molar-refractivity contribution in [2.75, 3.05) is 13.2 Å². The minimum absolute atomic E-state index is 0.559. The molecule has 3 nitrogen and oxygen atoms in total. The van der Waals surface area contributed by atoms with E-state index in [-0.39, 0.29) is 0 Å². The zero-order chi connectivity index (χ0) is 11.8. The number of fused-ring (bicyclic) bond motifs is 2. The molecule has 2 rings (SSSR count). The van der Waals surface area contributed by atoms with Gasteiger partial charge in [-0.15, -0.1) is 0 Å². The first-order valence-corrected chi connectivity index (χ1v) is 6.33. The predicted molar refractivity (Wildman–Crippen MR) is 65.6 cm³/mol. The van der Waals surface area contributed by atoms with Gasteiger partial charge in [0.25, 0.3) is 0 Å². The van der Waals surface area contributed by atoms with Gasteiger partial charge in [-0.1, -0.05) is 12.2 Å². The normalized spacial score (nSPS) is 21.4. The first-order valence-electron chi connectivity index (χ1n) is 6.33. The van der Waals surface area contributed by atoms with Crippen molar-refractivity contribution >= 4 is 0 Å². The van der Waals surface area contributed by atoms with E-state index in [1.165, 1.54) is 0 Å². The molecule has 1 aromatic rings. The maximum absolute atomic E-state index is 5.59. The summed E-state index contributed by atoms with van der Waals surface area (Å²) in [6, 6.07) is 3.93. The third-order valence-electron chi connectivity index (χ3n) is 2.69. The molecule has 0 unspecified atom stereocenters. The highest BCUT2D eigenvalue weighted by Crippen LogP contribution is 2.11. The molecular formula is C14H20O3.